The van der Waals surface area contributed by atoms with Gasteiger partial charge in [0.05, 0.1) is 5.70 Å². The fourth-order valence-corrected chi connectivity index (χ4v) is 2.15. The molecule has 0 aromatic rings. The number of nitrogens with zero attached hydrogens (tertiary/aromatic N) is 1. The molecule has 0 bridgehead atoms. The Hall–Kier alpha value is -1.11. The summed E-state index contributed by atoms with van der Waals surface area (Å²) in [5.74, 6) is 0. The van der Waals surface area contributed by atoms with Crippen LogP contribution < -0.4 is 0 Å². The molecule has 1 heteroatoms. The molecule has 1 heterocycles. The van der Waals surface area contributed by atoms with Crippen molar-refractivity contribution in [2.75, 3.05) is 0 Å². The lowest BCUT2D eigenvalue weighted by molar-refractivity contribution is 0.529. The summed E-state index contributed by atoms with van der Waals surface area (Å²) < 4.78 is 0. The molecule has 0 amide bonds. The fourth-order valence-electron chi connectivity index (χ4n) is 2.15. The quantitative estimate of drug-likeness (QED) is 0.619. The highest BCUT2D eigenvalue weighted by molar-refractivity contribution is 5.95. The Labute approximate surface area is 98.7 Å². The van der Waals surface area contributed by atoms with Crippen LogP contribution in [-0.4, -0.2) is 5.71 Å². The number of hydrogen-bond acceptors (Lipinski definition) is 1. The van der Waals surface area contributed by atoms with Gasteiger partial charge in [0, 0.05) is 16.5 Å². The van der Waals surface area contributed by atoms with E-state index in [1.54, 1.807) is 0 Å². The Morgan fingerprint density at radius 3 is 2.38 bits per heavy atom. The van der Waals surface area contributed by atoms with Gasteiger partial charge in [-0.2, -0.15) is 0 Å². The lowest BCUT2D eigenvalue weighted by Crippen LogP contribution is -2.20. The first-order chi connectivity index (χ1) is 7.39. The van der Waals surface area contributed by atoms with Gasteiger partial charge in [0.2, 0.25) is 0 Å². The second-order valence-electron chi connectivity index (χ2n) is 5.65. The predicted octanol–water partition coefficient (Wildman–Crippen LogP) is 4.28. The van der Waals surface area contributed by atoms with Crippen LogP contribution in [0.1, 0.15) is 41.0 Å². The average molecular weight is 215 g/mol. The van der Waals surface area contributed by atoms with Gasteiger partial charge >= 0.3 is 0 Å². The highest BCUT2D eigenvalue weighted by Crippen LogP contribution is 2.41. The fraction of sp³-hybridized carbons (Fsp3) is 0.533. The maximum absolute atomic E-state index is 4.68. The van der Waals surface area contributed by atoms with Crippen molar-refractivity contribution >= 4 is 5.71 Å². The van der Waals surface area contributed by atoms with Gasteiger partial charge in [-0.25, -0.2) is 0 Å². The summed E-state index contributed by atoms with van der Waals surface area (Å²) in [6.07, 6.45) is 10.2. The van der Waals surface area contributed by atoms with Crippen LogP contribution in [-0.2, 0) is 0 Å². The van der Waals surface area contributed by atoms with Crippen LogP contribution in [0.4, 0.5) is 0 Å². The highest BCUT2D eigenvalue weighted by atomic mass is 14.8. The van der Waals surface area contributed by atoms with Crippen LogP contribution >= 0.6 is 0 Å². The van der Waals surface area contributed by atoms with Gasteiger partial charge < -0.3 is 0 Å². The minimum absolute atomic E-state index is 0.0924. The molecule has 1 unspecified atom stereocenters. The first kappa shape index (κ1) is 11.4. The van der Waals surface area contributed by atoms with Crippen LogP contribution in [0, 0.1) is 10.8 Å². The molecule has 0 aromatic heterocycles. The van der Waals surface area contributed by atoms with E-state index in [1.807, 2.05) is 0 Å². The van der Waals surface area contributed by atoms with Crippen molar-refractivity contribution in [2.24, 2.45) is 15.8 Å². The molecule has 0 saturated carbocycles. The number of rotatable bonds is 1. The first-order valence-corrected chi connectivity index (χ1v) is 6.08. The monoisotopic (exact) mass is 215 g/mol. The molecule has 0 spiro atoms. The van der Waals surface area contributed by atoms with Gasteiger partial charge in [-0.1, -0.05) is 45.9 Å². The highest BCUT2D eigenvalue weighted by Gasteiger charge is 2.33. The zero-order valence-corrected chi connectivity index (χ0v) is 11.0. The molecule has 0 aromatic carbocycles. The van der Waals surface area contributed by atoms with E-state index < -0.39 is 0 Å². The number of hydrogen-bond donors (Lipinski definition) is 0. The summed E-state index contributed by atoms with van der Waals surface area (Å²) in [5, 5.41) is 0. The van der Waals surface area contributed by atoms with Crippen molar-refractivity contribution in [1.29, 1.82) is 0 Å². The molecule has 86 valence electrons. The van der Waals surface area contributed by atoms with E-state index >= 15 is 0 Å². The minimum Gasteiger partial charge on any atom is -0.257 e. The Bertz CT molecular complexity index is 432. The molecule has 2 rings (SSSR count). The van der Waals surface area contributed by atoms with Crippen LogP contribution in [0.3, 0.4) is 0 Å². The molecule has 0 N–H and O–H groups in total. The van der Waals surface area contributed by atoms with E-state index in [9.17, 15) is 0 Å². The van der Waals surface area contributed by atoms with E-state index in [-0.39, 0.29) is 10.8 Å². The van der Waals surface area contributed by atoms with E-state index in [0.717, 1.165) is 12.1 Å². The van der Waals surface area contributed by atoms with Crippen molar-refractivity contribution in [3.05, 3.63) is 35.6 Å². The standard InChI is InChI=1S/C15H21N/c1-6-15(5)9-7-12-13(8-10-15)16-11(2)14(12,3)4/h7-10H,6H2,1-5H3. The van der Waals surface area contributed by atoms with Crippen molar-refractivity contribution in [3.63, 3.8) is 0 Å². The summed E-state index contributed by atoms with van der Waals surface area (Å²) in [4.78, 5) is 4.68. The Balaban J connectivity index is 2.46. The van der Waals surface area contributed by atoms with Crippen molar-refractivity contribution < 1.29 is 0 Å². The van der Waals surface area contributed by atoms with Crippen molar-refractivity contribution in [3.8, 4) is 0 Å². The molecule has 1 nitrogen and oxygen atoms in total. The SMILES string of the molecule is CCC1(C)C=CC2=C(C=C1)C(C)(C)C(C)=N2. The summed E-state index contributed by atoms with van der Waals surface area (Å²) >= 11 is 0. The normalized spacial score (nSPS) is 31.4. The largest absolute Gasteiger partial charge is 0.257 e. The van der Waals surface area contributed by atoms with Crippen molar-refractivity contribution in [2.45, 2.75) is 41.0 Å². The third-order valence-electron chi connectivity index (χ3n) is 4.16. The molecule has 1 aliphatic carbocycles. The molecule has 1 atom stereocenters. The molecule has 0 fully saturated rings. The molecule has 1 aliphatic heterocycles. The van der Waals surface area contributed by atoms with Gasteiger partial charge in [-0.05, 0) is 25.0 Å². The smallest absolute Gasteiger partial charge is 0.0667 e. The van der Waals surface area contributed by atoms with Gasteiger partial charge in [-0.3, -0.25) is 4.99 Å². The van der Waals surface area contributed by atoms with Crippen LogP contribution in [0.15, 0.2) is 40.6 Å². The zero-order chi connectivity index (χ0) is 12.0. The summed E-state index contributed by atoms with van der Waals surface area (Å²) in [6.45, 7) is 11.1. The Kier molecular flexibility index (Phi) is 2.45. The van der Waals surface area contributed by atoms with E-state index in [2.05, 4.69) is 63.9 Å². The zero-order valence-electron chi connectivity index (χ0n) is 11.0. The van der Waals surface area contributed by atoms with Crippen molar-refractivity contribution in [1.82, 2.24) is 0 Å². The summed E-state index contributed by atoms with van der Waals surface area (Å²) in [6, 6.07) is 0. The second kappa shape index (κ2) is 3.44. The third kappa shape index (κ3) is 1.59. The van der Waals surface area contributed by atoms with Gasteiger partial charge in [0.15, 0.2) is 0 Å². The molecule has 0 saturated heterocycles. The maximum atomic E-state index is 4.68. The minimum atomic E-state index is 0.0924. The van der Waals surface area contributed by atoms with E-state index in [0.29, 0.717) is 0 Å². The molecular formula is C15H21N. The molecule has 0 radical (unpaired) electrons. The molecule has 16 heavy (non-hydrogen) atoms. The molecular weight excluding hydrogens is 194 g/mol. The first-order valence-electron chi connectivity index (χ1n) is 6.08. The van der Waals surface area contributed by atoms with E-state index in [1.165, 1.54) is 11.3 Å². The van der Waals surface area contributed by atoms with Crippen LogP contribution in [0.25, 0.3) is 0 Å². The lowest BCUT2D eigenvalue weighted by atomic mass is 9.80. The number of aliphatic imine (C=N–C) groups is 1. The third-order valence-corrected chi connectivity index (χ3v) is 4.16. The van der Waals surface area contributed by atoms with E-state index in [4.69, 9.17) is 0 Å². The second-order valence-corrected chi connectivity index (χ2v) is 5.65. The summed E-state index contributed by atoms with van der Waals surface area (Å²) in [7, 11) is 0. The summed E-state index contributed by atoms with van der Waals surface area (Å²) in [5.41, 5.74) is 4.00. The van der Waals surface area contributed by atoms with Gasteiger partial charge in [-0.15, -0.1) is 0 Å². The predicted molar refractivity (Wildman–Crippen MR) is 70.6 cm³/mol. The Morgan fingerprint density at radius 1 is 1.12 bits per heavy atom. The number of allylic oxidation sites excluding steroid dienone is 5. The topological polar surface area (TPSA) is 12.4 Å². The van der Waals surface area contributed by atoms with Crippen LogP contribution in [0.2, 0.25) is 0 Å². The van der Waals surface area contributed by atoms with Gasteiger partial charge in [0.1, 0.15) is 0 Å². The Morgan fingerprint density at radius 2 is 1.75 bits per heavy atom. The van der Waals surface area contributed by atoms with Gasteiger partial charge in [0.25, 0.3) is 0 Å². The molecule has 2 aliphatic rings. The maximum Gasteiger partial charge on any atom is 0.0667 e. The average Bonchev–Trinajstić information content (AvgIpc) is 2.39. The lowest BCUT2D eigenvalue weighted by Gasteiger charge is -2.22. The van der Waals surface area contributed by atoms with Crippen LogP contribution in [0.5, 0.6) is 0 Å².